The molecule has 0 aliphatic rings. The zero-order chi connectivity index (χ0) is 14.5. The number of benzene rings is 1. The van der Waals surface area contributed by atoms with E-state index in [1.807, 2.05) is 0 Å². The quantitative estimate of drug-likeness (QED) is 0.803. The average Bonchev–Trinajstić information content (AvgIpc) is 2.94. The Morgan fingerprint density at radius 2 is 1.95 bits per heavy atom. The number of carboxylic acids is 1. The minimum atomic E-state index is -1.39. The number of carboxylic acid groups (broad SMARTS) is 1. The second-order valence-corrected chi connectivity index (χ2v) is 4.19. The van der Waals surface area contributed by atoms with Crippen molar-refractivity contribution in [3.63, 3.8) is 0 Å². The second-order valence-electron chi connectivity index (χ2n) is 4.19. The van der Waals surface area contributed by atoms with Crippen molar-refractivity contribution in [2.45, 2.75) is 12.5 Å². The molecule has 2 N–H and O–H groups in total. The molecule has 2 rings (SSSR count). The summed E-state index contributed by atoms with van der Waals surface area (Å²) in [4.78, 5) is 22.8. The van der Waals surface area contributed by atoms with Crippen molar-refractivity contribution in [3.05, 3.63) is 54.0 Å². The average molecular weight is 274 g/mol. The Morgan fingerprint density at radius 3 is 2.50 bits per heavy atom. The molecular formula is C14H12NO5-. The molecule has 0 radical (unpaired) electrons. The summed E-state index contributed by atoms with van der Waals surface area (Å²) in [5, 5.41) is 22.6. The monoisotopic (exact) mass is 274 g/mol. The third-order valence-corrected chi connectivity index (χ3v) is 2.71. The Hall–Kier alpha value is -2.76. The van der Waals surface area contributed by atoms with Crippen LogP contribution in [0.25, 0.3) is 0 Å². The van der Waals surface area contributed by atoms with Gasteiger partial charge in [0.1, 0.15) is 5.75 Å². The van der Waals surface area contributed by atoms with Crippen molar-refractivity contribution in [3.8, 4) is 5.75 Å². The number of phenols is 1. The summed E-state index contributed by atoms with van der Waals surface area (Å²) in [6, 6.07) is 7.81. The zero-order valence-corrected chi connectivity index (χ0v) is 10.4. The number of amides is 1. The van der Waals surface area contributed by atoms with Crippen molar-refractivity contribution in [1.82, 2.24) is 5.32 Å². The van der Waals surface area contributed by atoms with Gasteiger partial charge >= 0.3 is 0 Å². The third-order valence-electron chi connectivity index (χ3n) is 2.71. The molecule has 1 aromatic heterocycles. The first-order valence-corrected chi connectivity index (χ1v) is 5.89. The van der Waals surface area contributed by atoms with Gasteiger partial charge in [0, 0.05) is 0 Å². The van der Waals surface area contributed by atoms with E-state index in [1.54, 1.807) is 12.1 Å². The lowest BCUT2D eigenvalue weighted by Crippen LogP contribution is -2.49. The van der Waals surface area contributed by atoms with E-state index in [0.29, 0.717) is 5.56 Å². The molecule has 1 atom stereocenters. The molecular weight excluding hydrogens is 262 g/mol. The second kappa shape index (κ2) is 5.92. The lowest BCUT2D eigenvalue weighted by molar-refractivity contribution is -0.308. The summed E-state index contributed by atoms with van der Waals surface area (Å²) in [7, 11) is 0. The lowest BCUT2D eigenvalue weighted by Gasteiger charge is -2.19. The molecule has 0 spiro atoms. The van der Waals surface area contributed by atoms with Gasteiger partial charge in [-0.3, -0.25) is 4.79 Å². The molecule has 0 unspecified atom stereocenters. The maximum absolute atomic E-state index is 11.7. The van der Waals surface area contributed by atoms with E-state index in [0.717, 1.165) is 0 Å². The Kier molecular flexibility index (Phi) is 4.05. The van der Waals surface area contributed by atoms with Crippen LogP contribution in [-0.4, -0.2) is 23.0 Å². The van der Waals surface area contributed by atoms with Gasteiger partial charge in [-0.2, -0.15) is 0 Å². The molecule has 0 saturated carbocycles. The van der Waals surface area contributed by atoms with Crippen LogP contribution in [0.1, 0.15) is 16.1 Å². The molecule has 1 aromatic carbocycles. The molecule has 6 nitrogen and oxygen atoms in total. The first kappa shape index (κ1) is 13.7. The summed E-state index contributed by atoms with van der Waals surface area (Å²) in [5.41, 5.74) is 0.650. The topological polar surface area (TPSA) is 103 Å². The van der Waals surface area contributed by atoms with Gasteiger partial charge in [-0.1, -0.05) is 12.1 Å². The minimum Gasteiger partial charge on any atom is -0.548 e. The molecule has 0 saturated heterocycles. The molecule has 1 heterocycles. The minimum absolute atomic E-state index is 0.0296. The Bertz CT molecular complexity index is 589. The largest absolute Gasteiger partial charge is 0.548 e. The van der Waals surface area contributed by atoms with E-state index in [4.69, 9.17) is 9.52 Å². The van der Waals surface area contributed by atoms with Crippen LogP contribution in [0.2, 0.25) is 0 Å². The van der Waals surface area contributed by atoms with Crippen LogP contribution in [0, 0.1) is 0 Å². The number of furan rings is 1. The highest BCUT2D eigenvalue weighted by atomic mass is 16.4. The summed E-state index contributed by atoms with van der Waals surface area (Å²) in [6.45, 7) is 0. The highest BCUT2D eigenvalue weighted by Crippen LogP contribution is 2.11. The van der Waals surface area contributed by atoms with Gasteiger partial charge in [-0.05, 0) is 36.2 Å². The highest BCUT2D eigenvalue weighted by molar-refractivity contribution is 5.94. The van der Waals surface area contributed by atoms with E-state index in [2.05, 4.69) is 5.32 Å². The van der Waals surface area contributed by atoms with Crippen molar-refractivity contribution >= 4 is 11.9 Å². The molecule has 0 fully saturated rings. The van der Waals surface area contributed by atoms with Crippen LogP contribution in [-0.2, 0) is 11.2 Å². The maximum Gasteiger partial charge on any atom is 0.287 e. The molecule has 0 bridgehead atoms. The van der Waals surface area contributed by atoms with Crippen molar-refractivity contribution in [1.29, 1.82) is 0 Å². The SMILES string of the molecule is O=C(N[C@@H](Cc1ccc(O)cc1)C(=O)[O-])c1ccco1. The van der Waals surface area contributed by atoms with Crippen molar-refractivity contribution in [2.75, 3.05) is 0 Å². The fourth-order valence-corrected chi connectivity index (χ4v) is 1.70. The zero-order valence-electron chi connectivity index (χ0n) is 10.4. The van der Waals surface area contributed by atoms with Crippen LogP contribution in [0.5, 0.6) is 5.75 Å². The molecule has 2 aromatic rings. The summed E-state index contributed by atoms with van der Waals surface area (Å²) in [5.74, 6) is -1.90. The standard InChI is InChI=1S/C14H13NO5/c16-10-5-3-9(4-6-10)8-11(14(18)19)15-13(17)12-2-1-7-20-12/h1-7,11,16H,8H2,(H,15,17)(H,18,19)/p-1/t11-/m0/s1. The molecule has 20 heavy (non-hydrogen) atoms. The predicted octanol–water partition coefficient (Wildman–Crippen LogP) is 0.0762. The summed E-state index contributed by atoms with van der Waals surface area (Å²) >= 11 is 0. The molecule has 6 heteroatoms. The number of hydrogen-bond donors (Lipinski definition) is 2. The number of phenolic OH excluding ortho intramolecular Hbond substituents is 1. The fraction of sp³-hybridized carbons (Fsp3) is 0.143. The Balaban J connectivity index is 2.06. The maximum atomic E-state index is 11.7. The normalized spacial score (nSPS) is 11.8. The molecule has 104 valence electrons. The number of aliphatic carboxylic acids is 1. The Labute approximate surface area is 114 Å². The van der Waals surface area contributed by atoms with E-state index < -0.39 is 17.9 Å². The van der Waals surface area contributed by atoms with Crippen LogP contribution in [0.4, 0.5) is 0 Å². The van der Waals surface area contributed by atoms with Crippen LogP contribution < -0.4 is 10.4 Å². The van der Waals surface area contributed by atoms with Gasteiger partial charge < -0.3 is 24.7 Å². The summed E-state index contributed by atoms with van der Waals surface area (Å²) in [6.07, 6.45) is 1.37. The third kappa shape index (κ3) is 3.38. The van der Waals surface area contributed by atoms with Crippen LogP contribution in [0.15, 0.2) is 47.1 Å². The Morgan fingerprint density at radius 1 is 1.25 bits per heavy atom. The molecule has 0 aliphatic carbocycles. The molecule has 1 amide bonds. The van der Waals surface area contributed by atoms with Gasteiger partial charge in [-0.25, -0.2) is 0 Å². The van der Waals surface area contributed by atoms with E-state index in [-0.39, 0.29) is 17.9 Å². The first-order chi connectivity index (χ1) is 9.56. The highest BCUT2D eigenvalue weighted by Gasteiger charge is 2.17. The summed E-state index contributed by atoms with van der Waals surface area (Å²) < 4.78 is 4.88. The predicted molar refractivity (Wildman–Crippen MR) is 66.8 cm³/mol. The number of aromatic hydroxyl groups is 1. The van der Waals surface area contributed by atoms with Gasteiger partial charge in [0.2, 0.25) is 0 Å². The fourth-order valence-electron chi connectivity index (χ4n) is 1.70. The van der Waals surface area contributed by atoms with E-state index >= 15 is 0 Å². The smallest absolute Gasteiger partial charge is 0.287 e. The number of nitrogens with one attached hydrogen (secondary N) is 1. The lowest BCUT2D eigenvalue weighted by atomic mass is 10.1. The van der Waals surface area contributed by atoms with E-state index in [1.165, 1.54) is 30.5 Å². The van der Waals surface area contributed by atoms with Gasteiger partial charge in [0.05, 0.1) is 18.3 Å². The van der Waals surface area contributed by atoms with Crippen LogP contribution >= 0.6 is 0 Å². The number of carbonyl (C=O) groups excluding carboxylic acids is 2. The van der Waals surface area contributed by atoms with E-state index in [9.17, 15) is 14.7 Å². The van der Waals surface area contributed by atoms with Gasteiger partial charge in [-0.15, -0.1) is 0 Å². The number of carbonyl (C=O) groups is 2. The number of hydrogen-bond acceptors (Lipinski definition) is 5. The van der Waals surface area contributed by atoms with Gasteiger partial charge in [0.15, 0.2) is 5.76 Å². The number of rotatable bonds is 5. The first-order valence-electron chi connectivity index (χ1n) is 5.89. The van der Waals surface area contributed by atoms with Crippen molar-refractivity contribution < 1.29 is 24.2 Å². The van der Waals surface area contributed by atoms with Gasteiger partial charge in [0.25, 0.3) is 5.91 Å². The molecule has 0 aliphatic heterocycles. The van der Waals surface area contributed by atoms with Crippen LogP contribution in [0.3, 0.4) is 0 Å². The van der Waals surface area contributed by atoms with Crippen molar-refractivity contribution in [2.24, 2.45) is 0 Å².